The highest BCUT2D eigenvalue weighted by molar-refractivity contribution is 8.01. The average molecular weight is 315 g/mol. The van der Waals surface area contributed by atoms with Crippen LogP contribution in [0.1, 0.15) is 16.6 Å². The number of Topliss-reactive ketones (excluding diaryl/α,β-unsaturated/α-hetero) is 1. The Kier molecular flexibility index (Phi) is 4.15. The zero-order valence-electron chi connectivity index (χ0n) is 10.1. The van der Waals surface area contributed by atoms with Gasteiger partial charge in [0.25, 0.3) is 5.69 Å². The lowest BCUT2D eigenvalue weighted by Crippen LogP contribution is -1.88. The highest BCUT2D eigenvalue weighted by Gasteiger charge is 2.22. The van der Waals surface area contributed by atoms with Gasteiger partial charge in [0.05, 0.1) is 9.80 Å². The highest BCUT2D eigenvalue weighted by atomic mass is 32.2. The maximum atomic E-state index is 13.5. The Morgan fingerprint density at radius 2 is 2.05 bits per heavy atom. The van der Waals surface area contributed by atoms with Crippen molar-refractivity contribution in [1.29, 1.82) is 0 Å². The summed E-state index contributed by atoms with van der Waals surface area (Å²) in [4.78, 5) is 21.8. The predicted octanol–water partition coefficient (Wildman–Crippen LogP) is 4.29. The zero-order valence-corrected chi connectivity index (χ0v) is 11.7. The molecule has 0 aliphatic rings. The Labute approximate surface area is 120 Å². The second-order valence-electron chi connectivity index (χ2n) is 3.77. The minimum Gasteiger partial charge on any atom is -0.294 e. The number of hydrogen-bond donors (Lipinski definition) is 0. The van der Waals surface area contributed by atoms with Gasteiger partial charge < -0.3 is 0 Å². The normalized spacial score (nSPS) is 10.6. The number of rotatable bonds is 4. The molecule has 0 fully saturated rings. The summed E-state index contributed by atoms with van der Waals surface area (Å²) in [5.41, 5.74) is -0.256. The lowest BCUT2D eigenvalue weighted by atomic mass is 10.3. The number of carbonyl (C=O) groups is 1. The van der Waals surface area contributed by atoms with Crippen molar-refractivity contribution in [3.63, 3.8) is 0 Å². The van der Waals surface area contributed by atoms with E-state index in [0.717, 1.165) is 35.2 Å². The first-order valence-corrected chi connectivity index (χ1v) is 6.94. The van der Waals surface area contributed by atoms with Crippen molar-refractivity contribution in [2.75, 3.05) is 0 Å². The van der Waals surface area contributed by atoms with Gasteiger partial charge in [-0.2, -0.15) is 0 Å². The van der Waals surface area contributed by atoms with Crippen molar-refractivity contribution in [3.05, 3.63) is 50.9 Å². The van der Waals surface area contributed by atoms with Gasteiger partial charge >= 0.3 is 0 Å². The SMILES string of the molecule is CC(=O)c1cc([N+](=O)[O-])c(Sc2ccc(F)cc2F)s1. The molecule has 2 aromatic rings. The highest BCUT2D eigenvalue weighted by Crippen LogP contribution is 2.42. The van der Waals surface area contributed by atoms with Crippen LogP contribution in [0.2, 0.25) is 0 Å². The van der Waals surface area contributed by atoms with E-state index in [1.54, 1.807) is 0 Å². The molecule has 0 bridgehead atoms. The fraction of sp³-hybridized carbons (Fsp3) is 0.0833. The van der Waals surface area contributed by atoms with Gasteiger partial charge in [-0.15, -0.1) is 11.3 Å². The molecule has 1 aromatic carbocycles. The van der Waals surface area contributed by atoms with Crippen LogP contribution in [-0.4, -0.2) is 10.7 Å². The summed E-state index contributed by atoms with van der Waals surface area (Å²) in [5.74, 6) is -1.83. The first kappa shape index (κ1) is 14.6. The second kappa shape index (κ2) is 5.68. The van der Waals surface area contributed by atoms with E-state index in [4.69, 9.17) is 0 Å². The van der Waals surface area contributed by atoms with Gasteiger partial charge in [0, 0.05) is 17.0 Å². The summed E-state index contributed by atoms with van der Waals surface area (Å²) in [6.07, 6.45) is 0. The fourth-order valence-corrected chi connectivity index (χ4v) is 3.58. The summed E-state index contributed by atoms with van der Waals surface area (Å²) >= 11 is 1.71. The van der Waals surface area contributed by atoms with Crippen LogP contribution in [0.15, 0.2) is 33.4 Å². The Morgan fingerprint density at radius 1 is 1.35 bits per heavy atom. The molecule has 0 unspecified atom stereocenters. The van der Waals surface area contributed by atoms with Gasteiger partial charge in [0.2, 0.25) is 0 Å². The van der Waals surface area contributed by atoms with Gasteiger partial charge in [0.15, 0.2) is 5.78 Å². The molecule has 8 heteroatoms. The van der Waals surface area contributed by atoms with Crippen molar-refractivity contribution in [1.82, 2.24) is 0 Å². The van der Waals surface area contributed by atoms with Crippen LogP contribution in [0.3, 0.4) is 0 Å². The molecule has 0 amide bonds. The molecule has 1 aromatic heterocycles. The molecule has 2 rings (SSSR count). The molecule has 0 aliphatic carbocycles. The monoisotopic (exact) mass is 315 g/mol. The summed E-state index contributed by atoms with van der Waals surface area (Å²) in [7, 11) is 0. The number of nitrogens with zero attached hydrogens (tertiary/aromatic N) is 1. The van der Waals surface area contributed by atoms with Crippen molar-refractivity contribution >= 4 is 34.6 Å². The summed E-state index contributed by atoms with van der Waals surface area (Å²) in [5, 5.41) is 10.9. The van der Waals surface area contributed by atoms with Gasteiger partial charge in [-0.25, -0.2) is 8.78 Å². The van der Waals surface area contributed by atoms with E-state index in [1.165, 1.54) is 13.0 Å². The molecule has 4 nitrogen and oxygen atoms in total. The Bertz CT molecular complexity index is 700. The van der Waals surface area contributed by atoms with Gasteiger partial charge in [-0.05, 0) is 19.1 Å². The van der Waals surface area contributed by atoms with E-state index >= 15 is 0 Å². The van der Waals surface area contributed by atoms with Crippen LogP contribution < -0.4 is 0 Å². The molecular weight excluding hydrogens is 308 g/mol. The lowest BCUT2D eigenvalue weighted by molar-refractivity contribution is -0.387. The van der Waals surface area contributed by atoms with Crippen molar-refractivity contribution < 1.29 is 18.5 Å². The largest absolute Gasteiger partial charge is 0.294 e. The van der Waals surface area contributed by atoms with Gasteiger partial charge in [-0.3, -0.25) is 14.9 Å². The number of carbonyl (C=O) groups excluding carboxylic acids is 1. The Hall–Kier alpha value is -1.80. The van der Waals surface area contributed by atoms with Gasteiger partial charge in [0.1, 0.15) is 15.8 Å². The minimum absolute atomic E-state index is 0.0615. The molecule has 0 atom stereocenters. The molecule has 0 radical (unpaired) electrons. The van der Waals surface area contributed by atoms with E-state index in [0.29, 0.717) is 6.07 Å². The number of thiophene rings is 1. The first-order chi connectivity index (χ1) is 9.38. The topological polar surface area (TPSA) is 60.2 Å². The molecule has 104 valence electrons. The lowest BCUT2D eigenvalue weighted by Gasteiger charge is -2.00. The molecule has 0 spiro atoms. The van der Waals surface area contributed by atoms with Gasteiger partial charge in [-0.1, -0.05) is 11.8 Å². The quantitative estimate of drug-likeness (QED) is 0.480. The van der Waals surface area contributed by atoms with E-state index in [9.17, 15) is 23.7 Å². The van der Waals surface area contributed by atoms with Crippen LogP contribution >= 0.6 is 23.1 Å². The number of benzene rings is 1. The molecule has 0 saturated heterocycles. The van der Waals surface area contributed by atoms with E-state index in [2.05, 4.69) is 0 Å². The minimum atomic E-state index is -0.804. The maximum absolute atomic E-state index is 13.5. The molecule has 20 heavy (non-hydrogen) atoms. The van der Waals surface area contributed by atoms with Crippen molar-refractivity contribution in [2.24, 2.45) is 0 Å². The maximum Gasteiger partial charge on any atom is 0.294 e. The molecule has 0 saturated carbocycles. The van der Waals surface area contributed by atoms with Crippen LogP contribution in [-0.2, 0) is 0 Å². The molecule has 1 heterocycles. The number of ketones is 1. The fourth-order valence-electron chi connectivity index (χ4n) is 1.40. The third-order valence-electron chi connectivity index (χ3n) is 2.32. The van der Waals surface area contributed by atoms with Crippen molar-refractivity contribution in [2.45, 2.75) is 16.0 Å². The van der Waals surface area contributed by atoms with Crippen LogP contribution in [0.25, 0.3) is 0 Å². The predicted molar refractivity (Wildman–Crippen MR) is 71.5 cm³/mol. The summed E-state index contributed by atoms with van der Waals surface area (Å²) in [6.45, 7) is 1.29. The van der Waals surface area contributed by atoms with E-state index < -0.39 is 16.6 Å². The summed E-state index contributed by atoms with van der Waals surface area (Å²) in [6, 6.07) is 4.13. The Balaban J connectivity index is 2.42. The second-order valence-corrected chi connectivity index (χ2v) is 6.14. The standard InChI is InChI=1S/C12H7F2NO3S2/c1-6(16)11-5-9(15(17)18)12(20-11)19-10-3-2-7(13)4-8(10)14/h2-5H,1H3. The number of halogens is 2. The van der Waals surface area contributed by atoms with Crippen LogP contribution in [0.4, 0.5) is 14.5 Å². The first-order valence-electron chi connectivity index (χ1n) is 5.30. The van der Waals surface area contributed by atoms with E-state index in [1.807, 2.05) is 0 Å². The Morgan fingerprint density at radius 3 is 2.60 bits per heavy atom. The van der Waals surface area contributed by atoms with Crippen LogP contribution in [0.5, 0.6) is 0 Å². The average Bonchev–Trinajstić information content (AvgIpc) is 2.77. The third kappa shape index (κ3) is 3.02. The number of nitro groups is 1. The molecule has 0 aliphatic heterocycles. The summed E-state index contributed by atoms with van der Waals surface area (Å²) < 4.78 is 26.5. The van der Waals surface area contributed by atoms with Crippen LogP contribution in [0, 0.1) is 21.7 Å². The molecular formula is C12H7F2NO3S2. The zero-order chi connectivity index (χ0) is 14.9. The third-order valence-corrected chi connectivity index (χ3v) is 4.79. The van der Waals surface area contributed by atoms with E-state index in [-0.39, 0.29) is 25.5 Å². The molecule has 0 N–H and O–H groups in total. The van der Waals surface area contributed by atoms with Crippen molar-refractivity contribution in [3.8, 4) is 0 Å². The number of hydrogen-bond acceptors (Lipinski definition) is 5. The smallest absolute Gasteiger partial charge is 0.294 e.